The number of rotatable bonds is 6. The number of hydrogen-bond acceptors (Lipinski definition) is 4. The molecular weight excluding hydrogens is 288 g/mol. The normalized spacial score (nSPS) is 16.8. The fraction of sp³-hybridized carbons (Fsp3) is 0.500. The number of carbonyl (C=O) groups excluding carboxylic acids is 1. The number of nitrogens with zero attached hydrogens (tertiary/aromatic N) is 3. The van der Waals surface area contributed by atoms with Crippen molar-refractivity contribution in [3.8, 4) is 0 Å². The van der Waals surface area contributed by atoms with Crippen molar-refractivity contribution in [1.82, 2.24) is 4.31 Å². The van der Waals surface area contributed by atoms with E-state index in [1.807, 2.05) is 26.0 Å². The van der Waals surface area contributed by atoms with E-state index in [2.05, 4.69) is 15.5 Å². The Hall–Kier alpha value is -1.60. The van der Waals surface area contributed by atoms with Gasteiger partial charge in [0, 0.05) is 18.5 Å². The van der Waals surface area contributed by atoms with Crippen molar-refractivity contribution < 1.29 is 9.00 Å². The molecule has 0 radical (unpaired) electrons. The number of amides is 1. The van der Waals surface area contributed by atoms with E-state index in [4.69, 9.17) is 0 Å². The molecule has 0 saturated carbocycles. The number of benzene rings is 1. The first-order valence-corrected chi connectivity index (χ1v) is 7.85. The molecule has 21 heavy (non-hydrogen) atoms. The average molecular weight is 308 g/mol. The van der Waals surface area contributed by atoms with Gasteiger partial charge in [-0.3, -0.25) is 4.79 Å². The third-order valence-corrected chi connectivity index (χ3v) is 4.60. The first-order chi connectivity index (χ1) is 9.81. The van der Waals surface area contributed by atoms with Gasteiger partial charge in [-0.1, -0.05) is 6.07 Å². The minimum atomic E-state index is -1.22. The number of anilines is 1. The quantitative estimate of drug-likeness (QED) is 0.876. The van der Waals surface area contributed by atoms with Crippen molar-refractivity contribution in [2.24, 2.45) is 10.2 Å². The Bertz CT molecular complexity index is 607. The second-order valence-corrected chi connectivity index (χ2v) is 7.20. The van der Waals surface area contributed by atoms with E-state index >= 15 is 0 Å². The molecule has 1 aromatic carbocycles. The van der Waals surface area contributed by atoms with E-state index < -0.39 is 11.0 Å². The molecule has 1 heterocycles. The van der Waals surface area contributed by atoms with Gasteiger partial charge in [0.15, 0.2) is 5.66 Å². The molecule has 2 rings (SSSR count). The fourth-order valence-corrected chi connectivity index (χ4v) is 2.63. The zero-order valence-electron chi connectivity index (χ0n) is 12.7. The molecule has 1 unspecified atom stereocenters. The molecule has 0 spiro atoms. The van der Waals surface area contributed by atoms with Crippen LogP contribution in [0.4, 0.5) is 5.69 Å². The number of nitrogens with one attached hydrogen (secondary N) is 1. The summed E-state index contributed by atoms with van der Waals surface area (Å²) >= 11 is 0. The van der Waals surface area contributed by atoms with Crippen LogP contribution in [0.25, 0.3) is 0 Å². The Morgan fingerprint density at radius 1 is 1.38 bits per heavy atom. The van der Waals surface area contributed by atoms with Crippen LogP contribution in [-0.2, 0) is 15.8 Å². The number of hydrogen-bond donors (Lipinski definition) is 1. The van der Waals surface area contributed by atoms with E-state index in [9.17, 15) is 9.00 Å². The lowest BCUT2D eigenvalue weighted by Crippen LogP contribution is -2.17. The van der Waals surface area contributed by atoms with Crippen LogP contribution in [0.15, 0.2) is 33.3 Å². The largest absolute Gasteiger partial charge is 0.326 e. The lowest BCUT2D eigenvalue weighted by atomic mass is 10.1. The summed E-state index contributed by atoms with van der Waals surface area (Å²) in [5.41, 5.74) is 1.28. The van der Waals surface area contributed by atoms with Crippen LogP contribution in [0.2, 0.25) is 0 Å². The summed E-state index contributed by atoms with van der Waals surface area (Å²) in [6.45, 7) is 3.80. The predicted molar refractivity (Wildman–Crippen MR) is 82.4 cm³/mol. The van der Waals surface area contributed by atoms with Gasteiger partial charge in [-0.05, 0) is 45.6 Å². The van der Waals surface area contributed by atoms with Crippen molar-refractivity contribution in [1.29, 1.82) is 0 Å². The Labute approximate surface area is 127 Å². The van der Waals surface area contributed by atoms with Gasteiger partial charge in [-0.25, -0.2) is 8.51 Å². The Morgan fingerprint density at radius 2 is 2.05 bits per heavy atom. The molecule has 7 heteroatoms. The second kappa shape index (κ2) is 6.03. The van der Waals surface area contributed by atoms with Gasteiger partial charge in [0.2, 0.25) is 5.91 Å². The minimum Gasteiger partial charge on any atom is -0.326 e. The first-order valence-electron chi connectivity index (χ1n) is 6.74. The molecule has 0 bridgehead atoms. The summed E-state index contributed by atoms with van der Waals surface area (Å²) in [5, 5.41) is 10.6. The summed E-state index contributed by atoms with van der Waals surface area (Å²) in [4.78, 5) is 12.6. The van der Waals surface area contributed by atoms with Crippen LogP contribution in [0.5, 0.6) is 0 Å². The van der Waals surface area contributed by atoms with Gasteiger partial charge in [0.05, 0.1) is 4.90 Å². The van der Waals surface area contributed by atoms with Crippen molar-refractivity contribution in [2.45, 2.75) is 37.2 Å². The molecule has 1 atom stereocenters. The molecule has 1 aromatic rings. The monoisotopic (exact) mass is 308 g/mol. The van der Waals surface area contributed by atoms with Crippen LogP contribution in [-0.4, -0.2) is 34.2 Å². The highest BCUT2D eigenvalue weighted by Crippen LogP contribution is 2.32. The molecule has 0 aromatic heterocycles. The Morgan fingerprint density at radius 3 is 2.62 bits per heavy atom. The van der Waals surface area contributed by atoms with Crippen LogP contribution in [0, 0.1) is 6.92 Å². The van der Waals surface area contributed by atoms with Crippen molar-refractivity contribution in [3.05, 3.63) is 23.8 Å². The molecule has 6 nitrogen and oxygen atoms in total. The highest BCUT2D eigenvalue weighted by Gasteiger charge is 2.33. The van der Waals surface area contributed by atoms with Crippen molar-refractivity contribution >= 4 is 22.6 Å². The van der Waals surface area contributed by atoms with Crippen molar-refractivity contribution in [2.75, 3.05) is 19.4 Å². The van der Waals surface area contributed by atoms with Gasteiger partial charge in [-0.15, -0.1) is 0 Å². The van der Waals surface area contributed by atoms with E-state index in [0.717, 1.165) is 5.56 Å². The predicted octanol–water partition coefficient (Wildman–Crippen LogP) is 2.48. The third-order valence-electron chi connectivity index (χ3n) is 3.28. The van der Waals surface area contributed by atoms with E-state index in [0.29, 0.717) is 23.4 Å². The van der Waals surface area contributed by atoms with Crippen LogP contribution >= 0.6 is 0 Å². The fourth-order valence-electron chi connectivity index (χ4n) is 1.80. The van der Waals surface area contributed by atoms with Gasteiger partial charge >= 0.3 is 0 Å². The van der Waals surface area contributed by atoms with Crippen LogP contribution in [0.3, 0.4) is 0 Å². The highest BCUT2D eigenvalue weighted by atomic mass is 32.2. The summed E-state index contributed by atoms with van der Waals surface area (Å²) in [6, 6.07) is 5.43. The van der Waals surface area contributed by atoms with Gasteiger partial charge in [-0.2, -0.15) is 10.2 Å². The summed E-state index contributed by atoms with van der Waals surface area (Å²) in [6.07, 6.45) is 0.977. The summed E-state index contributed by atoms with van der Waals surface area (Å²) in [5.74, 6) is -0.0792. The molecule has 0 aliphatic carbocycles. The summed E-state index contributed by atoms with van der Waals surface area (Å²) < 4.78 is 13.7. The van der Waals surface area contributed by atoms with Gasteiger partial charge < -0.3 is 5.32 Å². The van der Waals surface area contributed by atoms with E-state index in [1.165, 1.54) is 0 Å². The van der Waals surface area contributed by atoms with E-state index in [1.54, 1.807) is 24.5 Å². The molecule has 1 aliphatic rings. The van der Waals surface area contributed by atoms with Crippen molar-refractivity contribution in [3.63, 3.8) is 0 Å². The number of carbonyl (C=O) groups is 1. The van der Waals surface area contributed by atoms with Gasteiger partial charge in [0.1, 0.15) is 11.0 Å². The maximum absolute atomic E-state index is 12.1. The maximum atomic E-state index is 12.1. The van der Waals surface area contributed by atoms with Crippen LogP contribution < -0.4 is 5.32 Å². The van der Waals surface area contributed by atoms with E-state index in [-0.39, 0.29) is 11.6 Å². The topological polar surface area (TPSA) is 74.1 Å². The highest BCUT2D eigenvalue weighted by molar-refractivity contribution is 7.82. The van der Waals surface area contributed by atoms with Crippen LogP contribution in [0.1, 0.15) is 25.3 Å². The standard InChI is InChI=1S/C14H20N4O2S/c1-10-5-6-11(21(20)18(3)4)9-12(10)15-13(19)7-8-14(2)16-17-14/h5-6,9H,7-8H2,1-4H3,(H,15,19). The zero-order valence-corrected chi connectivity index (χ0v) is 13.5. The lowest BCUT2D eigenvalue weighted by Gasteiger charge is -2.13. The second-order valence-electron chi connectivity index (χ2n) is 5.50. The third kappa shape index (κ3) is 4.18. The molecule has 1 amide bonds. The Balaban J connectivity index is 2.02. The lowest BCUT2D eigenvalue weighted by molar-refractivity contribution is -0.116. The molecule has 114 valence electrons. The molecule has 0 fully saturated rings. The smallest absolute Gasteiger partial charge is 0.224 e. The maximum Gasteiger partial charge on any atom is 0.224 e. The minimum absolute atomic E-state index is 0.0792. The van der Waals surface area contributed by atoms with Gasteiger partial charge in [0.25, 0.3) is 0 Å². The zero-order chi connectivity index (χ0) is 15.6. The number of aryl methyl sites for hydroxylation is 1. The summed E-state index contributed by atoms with van der Waals surface area (Å²) in [7, 11) is 2.27. The molecule has 0 saturated heterocycles. The molecule has 1 N–H and O–H groups in total. The molecular formula is C14H20N4O2S. The average Bonchev–Trinajstić information content (AvgIpc) is 3.16. The SMILES string of the molecule is Cc1ccc(S(=O)N(C)C)cc1NC(=O)CCC1(C)N=N1. The Kier molecular flexibility index (Phi) is 4.53. The molecule has 1 aliphatic heterocycles. The first kappa shape index (κ1) is 15.8.